The van der Waals surface area contributed by atoms with E-state index in [2.05, 4.69) is 187 Å². The first-order valence-corrected chi connectivity index (χ1v) is 16.5. The molecule has 0 N–H and O–H groups in total. The van der Waals surface area contributed by atoms with Crippen LogP contribution in [-0.2, 0) is 5.41 Å². The number of ether oxygens (including phenoxy) is 1. The molecular formula is C45H34N2O. The van der Waals surface area contributed by atoms with E-state index in [0.29, 0.717) is 0 Å². The lowest BCUT2D eigenvalue weighted by molar-refractivity contribution is 0.471. The molecule has 0 amide bonds. The predicted molar refractivity (Wildman–Crippen MR) is 199 cm³/mol. The van der Waals surface area contributed by atoms with Crippen molar-refractivity contribution in [3.8, 4) is 33.8 Å². The summed E-state index contributed by atoms with van der Waals surface area (Å²) in [4.78, 5) is 4.86. The Labute approximate surface area is 281 Å². The van der Waals surface area contributed by atoms with Gasteiger partial charge in [0, 0.05) is 22.2 Å². The Morgan fingerprint density at radius 2 is 1.08 bits per heavy atom. The highest BCUT2D eigenvalue weighted by atomic mass is 16.5. The zero-order chi connectivity index (χ0) is 32.2. The first-order chi connectivity index (χ1) is 23.6. The lowest BCUT2D eigenvalue weighted by atomic mass is 9.72. The first-order valence-electron chi connectivity index (χ1n) is 16.5. The monoisotopic (exact) mass is 618 g/mol. The van der Waals surface area contributed by atoms with Crippen molar-refractivity contribution in [3.63, 3.8) is 0 Å². The Balaban J connectivity index is 1.33. The third-order valence-corrected chi connectivity index (χ3v) is 9.82. The summed E-state index contributed by atoms with van der Waals surface area (Å²) in [5, 5.41) is 0. The zero-order valence-electron chi connectivity index (χ0n) is 27.0. The van der Waals surface area contributed by atoms with Crippen molar-refractivity contribution in [2.24, 2.45) is 0 Å². The van der Waals surface area contributed by atoms with Crippen molar-refractivity contribution in [3.05, 3.63) is 181 Å². The van der Waals surface area contributed by atoms with Crippen molar-refractivity contribution in [2.45, 2.75) is 19.3 Å². The molecule has 9 rings (SSSR count). The van der Waals surface area contributed by atoms with Gasteiger partial charge in [0.1, 0.15) is 0 Å². The summed E-state index contributed by atoms with van der Waals surface area (Å²) >= 11 is 0. The molecule has 3 nitrogen and oxygen atoms in total. The number of nitrogens with zero attached hydrogens (tertiary/aromatic N) is 2. The summed E-state index contributed by atoms with van der Waals surface area (Å²) in [5.74, 6) is 1.73. The summed E-state index contributed by atoms with van der Waals surface area (Å²) in [6.07, 6.45) is 0. The quantitative estimate of drug-likeness (QED) is 0.191. The first kappa shape index (κ1) is 28.2. The van der Waals surface area contributed by atoms with Gasteiger partial charge >= 0.3 is 0 Å². The second-order valence-corrected chi connectivity index (χ2v) is 13.0. The van der Waals surface area contributed by atoms with Gasteiger partial charge in [-0.15, -0.1) is 0 Å². The molecule has 0 spiro atoms. The van der Waals surface area contributed by atoms with E-state index in [9.17, 15) is 0 Å². The molecule has 2 aliphatic rings. The van der Waals surface area contributed by atoms with Crippen LogP contribution < -0.4 is 14.5 Å². The van der Waals surface area contributed by atoms with Gasteiger partial charge in [-0.3, -0.25) is 0 Å². The highest BCUT2D eigenvalue weighted by Crippen LogP contribution is 2.62. The molecule has 2 aliphatic heterocycles. The van der Waals surface area contributed by atoms with Gasteiger partial charge in [-0.05, 0) is 70.8 Å². The molecule has 3 heteroatoms. The van der Waals surface area contributed by atoms with E-state index in [1.165, 1.54) is 39.1 Å². The van der Waals surface area contributed by atoms with Crippen LogP contribution in [-0.4, -0.2) is 0 Å². The third kappa shape index (κ3) is 4.35. The average molecular weight is 619 g/mol. The third-order valence-electron chi connectivity index (χ3n) is 9.82. The zero-order valence-corrected chi connectivity index (χ0v) is 27.0. The minimum absolute atomic E-state index is 0.340. The number of rotatable bonds is 5. The van der Waals surface area contributed by atoms with Crippen molar-refractivity contribution >= 4 is 34.1 Å². The minimum Gasteiger partial charge on any atom is -0.453 e. The second kappa shape index (κ2) is 11.0. The highest BCUT2D eigenvalue weighted by Gasteiger charge is 2.44. The van der Waals surface area contributed by atoms with Gasteiger partial charge in [0.15, 0.2) is 11.5 Å². The Bertz CT molecular complexity index is 2290. The van der Waals surface area contributed by atoms with E-state index in [1.54, 1.807) is 0 Å². The van der Waals surface area contributed by atoms with Crippen LogP contribution in [0.5, 0.6) is 11.5 Å². The van der Waals surface area contributed by atoms with E-state index in [1.807, 2.05) is 6.07 Å². The van der Waals surface area contributed by atoms with Gasteiger partial charge in [0.05, 0.1) is 28.4 Å². The van der Waals surface area contributed by atoms with E-state index >= 15 is 0 Å². The average Bonchev–Trinajstić information content (AvgIpc) is 3.15. The summed E-state index contributed by atoms with van der Waals surface area (Å²) in [5.41, 5.74) is 13.6. The molecule has 0 bridgehead atoms. The van der Waals surface area contributed by atoms with Crippen molar-refractivity contribution in [1.29, 1.82) is 0 Å². The normalized spacial score (nSPS) is 13.5. The summed E-state index contributed by atoms with van der Waals surface area (Å²) in [7, 11) is 0. The van der Waals surface area contributed by atoms with Crippen LogP contribution in [0.4, 0.5) is 34.1 Å². The Hall–Kier alpha value is -6.06. The van der Waals surface area contributed by atoms with Crippen LogP contribution in [0.25, 0.3) is 22.3 Å². The lowest BCUT2D eigenvalue weighted by Gasteiger charge is -2.46. The van der Waals surface area contributed by atoms with Gasteiger partial charge in [0.25, 0.3) is 0 Å². The van der Waals surface area contributed by atoms with Gasteiger partial charge in [0.2, 0.25) is 0 Å². The van der Waals surface area contributed by atoms with Crippen LogP contribution in [0, 0.1) is 0 Å². The Kier molecular flexibility index (Phi) is 6.48. The molecule has 48 heavy (non-hydrogen) atoms. The molecule has 0 unspecified atom stereocenters. The highest BCUT2D eigenvalue weighted by molar-refractivity contribution is 5.99. The van der Waals surface area contributed by atoms with E-state index in [0.717, 1.165) is 39.9 Å². The van der Waals surface area contributed by atoms with Crippen LogP contribution in [0.1, 0.15) is 25.0 Å². The molecule has 2 heterocycles. The maximum absolute atomic E-state index is 6.68. The standard InChI is InChI=1S/C45H34N2O/c1-45(2)36-20-10-12-22-38(36)47-39-23-13-14-24-41(39)48-42-30-29-40(43(45)44(42)47)46(34-27-25-32(26-28-34)31-15-5-3-6-16-31)37-21-11-9-19-35(37)33-17-7-4-8-18-33/h3-30H,1-2H3. The van der Waals surface area contributed by atoms with Gasteiger partial charge in [-0.25, -0.2) is 0 Å². The van der Waals surface area contributed by atoms with Crippen LogP contribution in [0.15, 0.2) is 170 Å². The van der Waals surface area contributed by atoms with Crippen molar-refractivity contribution < 1.29 is 4.74 Å². The molecule has 0 saturated carbocycles. The van der Waals surface area contributed by atoms with E-state index in [-0.39, 0.29) is 5.41 Å². The molecular weight excluding hydrogens is 585 g/mol. The SMILES string of the molecule is CC1(C)c2ccccc2N2c3ccccc3Oc3ccc(N(c4ccc(-c5ccccc5)cc4)c4ccccc4-c4ccccc4)c1c32. The molecule has 0 aliphatic carbocycles. The number of para-hydroxylation sites is 4. The van der Waals surface area contributed by atoms with E-state index in [4.69, 9.17) is 4.74 Å². The largest absolute Gasteiger partial charge is 0.453 e. The maximum atomic E-state index is 6.68. The molecule has 0 aromatic heterocycles. The lowest BCUT2D eigenvalue weighted by Crippen LogP contribution is -2.34. The summed E-state index contributed by atoms with van der Waals surface area (Å²) < 4.78 is 6.68. The van der Waals surface area contributed by atoms with Crippen molar-refractivity contribution in [2.75, 3.05) is 9.80 Å². The molecule has 230 valence electrons. The molecule has 0 fully saturated rings. The fourth-order valence-electron chi connectivity index (χ4n) is 7.59. The van der Waals surface area contributed by atoms with Gasteiger partial charge < -0.3 is 14.5 Å². The molecule has 7 aromatic carbocycles. The predicted octanol–water partition coefficient (Wildman–Crippen LogP) is 12.7. The Morgan fingerprint density at radius 3 is 1.85 bits per heavy atom. The van der Waals surface area contributed by atoms with Gasteiger partial charge in [-0.1, -0.05) is 135 Å². The van der Waals surface area contributed by atoms with Crippen molar-refractivity contribution in [1.82, 2.24) is 0 Å². The number of hydrogen-bond donors (Lipinski definition) is 0. The van der Waals surface area contributed by atoms with Crippen LogP contribution in [0.3, 0.4) is 0 Å². The smallest absolute Gasteiger partial charge is 0.152 e. The number of anilines is 6. The topological polar surface area (TPSA) is 15.7 Å². The van der Waals surface area contributed by atoms with E-state index < -0.39 is 0 Å². The van der Waals surface area contributed by atoms with Crippen LogP contribution >= 0.6 is 0 Å². The molecule has 7 aromatic rings. The molecule has 0 radical (unpaired) electrons. The minimum atomic E-state index is -0.340. The summed E-state index contributed by atoms with van der Waals surface area (Å²) in [6.45, 7) is 4.70. The maximum Gasteiger partial charge on any atom is 0.152 e. The Morgan fingerprint density at radius 1 is 0.479 bits per heavy atom. The van der Waals surface area contributed by atoms with Crippen LogP contribution in [0.2, 0.25) is 0 Å². The second-order valence-electron chi connectivity index (χ2n) is 13.0. The van der Waals surface area contributed by atoms with Gasteiger partial charge in [-0.2, -0.15) is 0 Å². The summed E-state index contributed by atoms with van der Waals surface area (Å²) in [6, 6.07) is 60.6. The fourth-order valence-corrected chi connectivity index (χ4v) is 7.59. The molecule has 0 atom stereocenters. The number of fused-ring (bicyclic) bond motifs is 4. The number of hydrogen-bond acceptors (Lipinski definition) is 3. The fraction of sp³-hybridized carbons (Fsp3) is 0.0667. The number of benzene rings is 7. The molecule has 0 saturated heterocycles.